The zero-order valence-corrected chi connectivity index (χ0v) is 19.3. The fourth-order valence-corrected chi connectivity index (χ4v) is 4.99. The van der Waals surface area contributed by atoms with Crippen molar-refractivity contribution in [1.29, 1.82) is 0 Å². The second-order valence-electron chi connectivity index (χ2n) is 7.41. The molecule has 0 spiro atoms. The topological polar surface area (TPSA) is 32.3 Å². The van der Waals surface area contributed by atoms with Gasteiger partial charge in [0.15, 0.2) is 9.74 Å². The molecule has 0 radical (unpaired) electrons. The van der Waals surface area contributed by atoms with Crippen LogP contribution in [0.5, 0.6) is 0 Å². The first-order valence-electron chi connectivity index (χ1n) is 10.2. The van der Waals surface area contributed by atoms with E-state index >= 15 is 0 Å². The number of hydrogen-bond acceptors (Lipinski definition) is 5. The minimum Gasteiger partial charge on any atom is -0.306 e. The van der Waals surface area contributed by atoms with E-state index in [0.29, 0.717) is 0 Å². The summed E-state index contributed by atoms with van der Waals surface area (Å²) in [4.78, 5) is 9.17. The normalized spacial score (nSPS) is 12.4. The summed E-state index contributed by atoms with van der Waals surface area (Å²) in [6.07, 6.45) is 0. The van der Waals surface area contributed by atoms with E-state index in [-0.39, 0.29) is 0 Å². The molecule has 0 N–H and O–H groups in total. The zero-order chi connectivity index (χ0) is 21.5. The standard InChI is InChI=1S/C26H17BrN4S/c27-26-28-25(29-32-26)18-15-16-23-24(17-18)31(20-11-5-2-6-12-20)22-14-8-7-13-21(22)30(23)19-9-3-1-4-10-19/h1-17H. The first-order valence-corrected chi connectivity index (χ1v) is 11.8. The van der Waals surface area contributed by atoms with Crippen LogP contribution >= 0.6 is 27.5 Å². The first-order chi connectivity index (χ1) is 15.8. The number of halogens is 1. The molecular formula is C26H17BrN4S. The Bertz CT molecular complexity index is 1400. The van der Waals surface area contributed by atoms with Gasteiger partial charge in [0.2, 0.25) is 0 Å². The summed E-state index contributed by atoms with van der Waals surface area (Å²) in [6, 6.07) is 35.9. The summed E-state index contributed by atoms with van der Waals surface area (Å²) >= 11 is 4.79. The predicted molar refractivity (Wildman–Crippen MR) is 136 cm³/mol. The molecule has 0 saturated heterocycles. The van der Waals surface area contributed by atoms with Gasteiger partial charge in [-0.3, -0.25) is 0 Å². The van der Waals surface area contributed by atoms with Crippen molar-refractivity contribution in [3.8, 4) is 11.4 Å². The van der Waals surface area contributed by atoms with E-state index in [4.69, 9.17) is 0 Å². The van der Waals surface area contributed by atoms with Gasteiger partial charge in [-0.15, -0.1) is 0 Å². The van der Waals surface area contributed by atoms with Gasteiger partial charge in [0.05, 0.1) is 22.7 Å². The van der Waals surface area contributed by atoms with Gasteiger partial charge in [-0.25, -0.2) is 4.98 Å². The summed E-state index contributed by atoms with van der Waals surface area (Å²) in [5, 5.41) is 0. The SMILES string of the molecule is Brc1nc(-c2ccc3c(c2)N(c2ccccc2)c2ccccc2N3c2ccccc2)ns1. The van der Waals surface area contributed by atoms with Crippen molar-refractivity contribution in [2.45, 2.75) is 0 Å². The van der Waals surface area contributed by atoms with E-state index in [1.165, 1.54) is 11.5 Å². The summed E-state index contributed by atoms with van der Waals surface area (Å²) in [6.45, 7) is 0. The van der Waals surface area contributed by atoms with Gasteiger partial charge >= 0.3 is 0 Å². The Kier molecular flexibility index (Phi) is 4.74. The molecular weight excluding hydrogens is 480 g/mol. The Balaban J connectivity index is 1.63. The lowest BCUT2D eigenvalue weighted by molar-refractivity contribution is 1.17. The van der Waals surface area contributed by atoms with Gasteiger partial charge < -0.3 is 9.80 Å². The number of rotatable bonds is 3. The highest BCUT2D eigenvalue weighted by atomic mass is 79.9. The van der Waals surface area contributed by atoms with Crippen molar-refractivity contribution in [1.82, 2.24) is 9.36 Å². The van der Waals surface area contributed by atoms with Crippen molar-refractivity contribution < 1.29 is 0 Å². The van der Waals surface area contributed by atoms with E-state index < -0.39 is 0 Å². The molecule has 0 unspecified atom stereocenters. The molecule has 4 aromatic carbocycles. The second-order valence-corrected chi connectivity index (χ2v) is 9.43. The highest BCUT2D eigenvalue weighted by Gasteiger charge is 2.30. The molecule has 0 aliphatic carbocycles. The molecule has 32 heavy (non-hydrogen) atoms. The van der Waals surface area contributed by atoms with Crippen LogP contribution in [0.1, 0.15) is 0 Å². The molecule has 2 heterocycles. The fraction of sp³-hybridized carbons (Fsp3) is 0. The molecule has 0 atom stereocenters. The van der Waals surface area contributed by atoms with Gasteiger partial charge in [0, 0.05) is 16.9 Å². The highest BCUT2D eigenvalue weighted by molar-refractivity contribution is 9.11. The number of aromatic nitrogens is 2. The minimum atomic E-state index is 0.725. The number of hydrogen-bond donors (Lipinski definition) is 0. The van der Waals surface area contributed by atoms with Crippen molar-refractivity contribution in [2.24, 2.45) is 0 Å². The molecule has 0 amide bonds. The number of anilines is 6. The van der Waals surface area contributed by atoms with E-state index in [2.05, 4.69) is 126 Å². The quantitative estimate of drug-likeness (QED) is 0.247. The molecule has 0 saturated carbocycles. The molecule has 5 aromatic rings. The lowest BCUT2D eigenvalue weighted by Crippen LogP contribution is -2.24. The molecule has 1 aliphatic rings. The van der Waals surface area contributed by atoms with Crippen LogP contribution in [0.3, 0.4) is 0 Å². The van der Waals surface area contributed by atoms with Crippen LogP contribution in [0.4, 0.5) is 34.1 Å². The fourth-order valence-electron chi connectivity index (χ4n) is 4.17. The van der Waals surface area contributed by atoms with Crippen molar-refractivity contribution >= 4 is 61.6 Å². The number of nitrogens with zero attached hydrogens (tertiary/aromatic N) is 4. The van der Waals surface area contributed by atoms with Crippen LogP contribution in [0.2, 0.25) is 0 Å². The van der Waals surface area contributed by atoms with E-state index in [0.717, 1.165) is 49.4 Å². The first kappa shape index (κ1) is 19.2. The molecule has 0 fully saturated rings. The number of para-hydroxylation sites is 4. The third-order valence-electron chi connectivity index (χ3n) is 5.51. The van der Waals surface area contributed by atoms with E-state index in [9.17, 15) is 0 Å². The lowest BCUT2D eigenvalue weighted by atomic mass is 10.0. The Morgan fingerprint density at radius 1 is 0.594 bits per heavy atom. The maximum atomic E-state index is 4.54. The summed E-state index contributed by atoms with van der Waals surface area (Å²) in [5.41, 5.74) is 7.67. The van der Waals surface area contributed by atoms with Crippen molar-refractivity contribution in [2.75, 3.05) is 9.80 Å². The zero-order valence-electron chi connectivity index (χ0n) is 16.9. The monoisotopic (exact) mass is 496 g/mol. The predicted octanol–water partition coefficient (Wildman–Crippen LogP) is 8.22. The number of fused-ring (bicyclic) bond motifs is 2. The maximum Gasteiger partial charge on any atom is 0.179 e. The van der Waals surface area contributed by atoms with Crippen molar-refractivity contribution in [3.05, 3.63) is 107 Å². The van der Waals surface area contributed by atoms with Crippen LogP contribution in [-0.2, 0) is 0 Å². The lowest BCUT2D eigenvalue weighted by Gasteiger charge is -2.40. The van der Waals surface area contributed by atoms with Crippen LogP contribution in [0, 0.1) is 0 Å². The van der Waals surface area contributed by atoms with Crippen LogP contribution in [-0.4, -0.2) is 9.36 Å². The average molecular weight is 497 g/mol. The maximum absolute atomic E-state index is 4.54. The smallest absolute Gasteiger partial charge is 0.179 e. The van der Waals surface area contributed by atoms with Gasteiger partial charge in [0.1, 0.15) is 0 Å². The van der Waals surface area contributed by atoms with Crippen LogP contribution < -0.4 is 9.80 Å². The highest BCUT2D eigenvalue weighted by Crippen LogP contribution is 2.54. The molecule has 6 heteroatoms. The molecule has 4 nitrogen and oxygen atoms in total. The third kappa shape index (κ3) is 3.20. The Morgan fingerprint density at radius 3 is 1.69 bits per heavy atom. The summed E-state index contributed by atoms with van der Waals surface area (Å²) in [7, 11) is 0. The van der Waals surface area contributed by atoms with E-state index in [1.807, 2.05) is 12.1 Å². The van der Waals surface area contributed by atoms with Crippen LogP contribution in [0.25, 0.3) is 11.4 Å². The second kappa shape index (κ2) is 7.89. The van der Waals surface area contributed by atoms with Crippen molar-refractivity contribution in [3.63, 3.8) is 0 Å². The molecule has 1 aromatic heterocycles. The molecule has 0 bridgehead atoms. The van der Waals surface area contributed by atoms with Gasteiger partial charge in [0.25, 0.3) is 0 Å². The Labute approximate surface area is 198 Å². The van der Waals surface area contributed by atoms with Gasteiger partial charge in [-0.05, 0) is 82.1 Å². The number of benzene rings is 4. The summed E-state index contributed by atoms with van der Waals surface area (Å²) < 4.78 is 5.28. The molecule has 154 valence electrons. The largest absolute Gasteiger partial charge is 0.306 e. The van der Waals surface area contributed by atoms with Gasteiger partial charge in [-0.1, -0.05) is 48.5 Å². The Hall–Kier alpha value is -3.48. The Morgan fingerprint density at radius 2 is 1.12 bits per heavy atom. The van der Waals surface area contributed by atoms with Crippen LogP contribution in [0.15, 0.2) is 107 Å². The minimum absolute atomic E-state index is 0.725. The molecule has 1 aliphatic heterocycles. The van der Waals surface area contributed by atoms with Gasteiger partial charge in [-0.2, -0.15) is 4.37 Å². The van der Waals surface area contributed by atoms with E-state index in [1.54, 1.807) is 0 Å². The molecule has 6 rings (SSSR count). The summed E-state index contributed by atoms with van der Waals surface area (Å²) in [5.74, 6) is 0.725. The average Bonchev–Trinajstić information content (AvgIpc) is 3.29. The third-order valence-corrected chi connectivity index (χ3v) is 6.63.